The topological polar surface area (TPSA) is 85.7 Å². The summed E-state index contributed by atoms with van der Waals surface area (Å²) in [6.07, 6.45) is 4.29. The lowest BCUT2D eigenvalue weighted by molar-refractivity contribution is -0.137. The summed E-state index contributed by atoms with van der Waals surface area (Å²) in [7, 11) is 6.65. The van der Waals surface area contributed by atoms with E-state index in [1.165, 1.54) is 26.0 Å². The van der Waals surface area contributed by atoms with Crippen molar-refractivity contribution in [3.63, 3.8) is 0 Å². The van der Waals surface area contributed by atoms with Crippen molar-refractivity contribution < 1.29 is 19.1 Å². The molecule has 182 valence electrons. The summed E-state index contributed by atoms with van der Waals surface area (Å²) in [5.41, 5.74) is 3.97. The third kappa shape index (κ3) is 5.37. The van der Waals surface area contributed by atoms with Crippen LogP contribution in [0.1, 0.15) is 30.5 Å². The molecule has 0 bridgehead atoms. The second-order valence-corrected chi connectivity index (χ2v) is 9.04. The van der Waals surface area contributed by atoms with Gasteiger partial charge in [0.25, 0.3) is 0 Å². The Kier molecular flexibility index (Phi) is 8.57. The van der Waals surface area contributed by atoms with Gasteiger partial charge in [-0.1, -0.05) is 42.1 Å². The lowest BCUT2D eigenvalue weighted by atomic mass is 9.82. The number of rotatable bonds is 9. The van der Waals surface area contributed by atoms with Gasteiger partial charge in [-0.15, -0.1) is 0 Å². The average Bonchev–Trinajstić information content (AvgIpc) is 3.23. The molecule has 0 saturated carbocycles. The lowest BCUT2D eigenvalue weighted by Gasteiger charge is -2.32. The van der Waals surface area contributed by atoms with Gasteiger partial charge in [-0.3, -0.25) is 0 Å². The quantitative estimate of drug-likeness (QED) is 0.429. The van der Waals surface area contributed by atoms with Gasteiger partial charge < -0.3 is 24.3 Å². The Hall–Kier alpha value is -3.04. The summed E-state index contributed by atoms with van der Waals surface area (Å²) in [4.78, 5) is 32.8. The van der Waals surface area contributed by atoms with Gasteiger partial charge in [-0.2, -0.15) is 0 Å². The highest BCUT2D eigenvalue weighted by atomic mass is 32.2. The lowest BCUT2D eigenvalue weighted by Crippen LogP contribution is -2.34. The van der Waals surface area contributed by atoms with E-state index < -0.39 is 17.9 Å². The number of allylic oxidation sites excluding steroid dienone is 1. The molecular formula is C25H32N4O4S. The second-order valence-electron chi connectivity index (χ2n) is 8.27. The summed E-state index contributed by atoms with van der Waals surface area (Å²) in [6.45, 7) is 3.09. The number of methoxy groups -OCH3 is 2. The van der Waals surface area contributed by atoms with E-state index in [2.05, 4.69) is 14.9 Å². The molecule has 1 aliphatic heterocycles. The molecule has 1 aromatic carbocycles. The van der Waals surface area contributed by atoms with Crippen molar-refractivity contribution in [2.24, 2.45) is 0 Å². The first-order valence-electron chi connectivity index (χ1n) is 11.0. The van der Waals surface area contributed by atoms with Gasteiger partial charge in [-0.25, -0.2) is 14.6 Å². The number of hydrogen-bond acceptors (Lipinski definition) is 8. The van der Waals surface area contributed by atoms with Gasteiger partial charge in [0.1, 0.15) is 0 Å². The average molecular weight is 485 g/mol. The van der Waals surface area contributed by atoms with Crippen LogP contribution < -0.4 is 5.32 Å². The first kappa shape index (κ1) is 25.6. The molecule has 34 heavy (non-hydrogen) atoms. The minimum atomic E-state index is -0.685. The molecule has 1 unspecified atom stereocenters. The Bertz CT molecular complexity index is 1110. The van der Waals surface area contributed by atoms with Gasteiger partial charge in [0.05, 0.1) is 43.2 Å². The summed E-state index contributed by atoms with van der Waals surface area (Å²) >= 11 is 1.51. The van der Waals surface area contributed by atoms with E-state index in [1.807, 2.05) is 62.5 Å². The molecule has 0 amide bonds. The van der Waals surface area contributed by atoms with Gasteiger partial charge in [-0.05, 0) is 32.8 Å². The smallest absolute Gasteiger partial charge is 0.336 e. The van der Waals surface area contributed by atoms with Crippen LogP contribution in [-0.2, 0) is 25.6 Å². The van der Waals surface area contributed by atoms with Crippen molar-refractivity contribution in [2.75, 3.05) is 41.1 Å². The van der Waals surface area contributed by atoms with Crippen LogP contribution in [-0.4, -0.2) is 67.5 Å². The molecule has 0 saturated heterocycles. The zero-order valence-corrected chi connectivity index (χ0v) is 21.4. The zero-order valence-electron chi connectivity index (χ0n) is 20.5. The number of hydrogen-bond donors (Lipinski definition) is 1. The third-order valence-electron chi connectivity index (χ3n) is 5.78. The molecule has 2 heterocycles. The Labute approximate surface area is 205 Å². The summed E-state index contributed by atoms with van der Waals surface area (Å²) in [5.74, 6) is -1.67. The van der Waals surface area contributed by atoms with Crippen LogP contribution in [0.25, 0.3) is 0 Å². The maximum absolute atomic E-state index is 13.2. The molecule has 1 aromatic heterocycles. The fourth-order valence-electron chi connectivity index (χ4n) is 4.15. The van der Waals surface area contributed by atoms with E-state index in [9.17, 15) is 9.59 Å². The van der Waals surface area contributed by atoms with Crippen molar-refractivity contribution in [1.29, 1.82) is 0 Å². The highest BCUT2D eigenvalue weighted by Gasteiger charge is 2.40. The van der Waals surface area contributed by atoms with Crippen LogP contribution >= 0.6 is 11.8 Å². The minimum absolute atomic E-state index is 0.373. The van der Waals surface area contributed by atoms with Gasteiger partial charge in [0, 0.05) is 30.9 Å². The molecule has 2 aromatic rings. The first-order chi connectivity index (χ1) is 16.3. The normalized spacial score (nSPS) is 16.0. The maximum Gasteiger partial charge on any atom is 0.336 e. The predicted octanol–water partition coefficient (Wildman–Crippen LogP) is 3.17. The van der Waals surface area contributed by atoms with Crippen LogP contribution in [0, 0.1) is 0 Å². The highest BCUT2D eigenvalue weighted by Crippen LogP contribution is 2.41. The standard InChI is InChI=1S/C25H32N4O4S/c1-16-20(23(30)32-4)22(21(24(31)33-5)18(27-16)12-13-28(2)3)19-14-26-25(34-6)29(19)15-17-10-8-7-9-11-17/h7-11,14,22,27H,12-13,15H2,1-6H3. The number of carbonyl (C=O) groups excluding carboxylic acids is 2. The van der Waals surface area contributed by atoms with Crippen molar-refractivity contribution in [2.45, 2.75) is 31.0 Å². The van der Waals surface area contributed by atoms with E-state index in [0.717, 1.165) is 28.7 Å². The van der Waals surface area contributed by atoms with E-state index >= 15 is 0 Å². The number of thioether (sulfide) groups is 1. The number of nitrogens with zero attached hydrogens (tertiary/aromatic N) is 3. The van der Waals surface area contributed by atoms with Gasteiger partial charge in [0.2, 0.25) is 0 Å². The van der Waals surface area contributed by atoms with Crippen LogP contribution in [0.4, 0.5) is 0 Å². The van der Waals surface area contributed by atoms with Crippen molar-refractivity contribution in [3.05, 3.63) is 70.3 Å². The maximum atomic E-state index is 13.2. The fraction of sp³-hybridized carbons (Fsp3) is 0.400. The van der Waals surface area contributed by atoms with Crippen LogP contribution in [0.15, 0.2) is 64.2 Å². The zero-order chi connectivity index (χ0) is 24.8. The Morgan fingerprint density at radius 3 is 2.35 bits per heavy atom. The number of aromatic nitrogens is 2. The van der Waals surface area contributed by atoms with E-state index in [-0.39, 0.29) is 0 Å². The van der Waals surface area contributed by atoms with E-state index in [0.29, 0.717) is 29.8 Å². The molecule has 0 aliphatic carbocycles. The van der Waals surface area contributed by atoms with Crippen LogP contribution in [0.5, 0.6) is 0 Å². The molecule has 3 rings (SSSR count). The highest BCUT2D eigenvalue weighted by molar-refractivity contribution is 7.98. The Balaban J connectivity index is 2.24. The largest absolute Gasteiger partial charge is 0.466 e. The molecule has 1 aliphatic rings. The SMILES string of the molecule is COC(=O)C1=C(C)NC(CCN(C)C)=C(C(=O)OC)C1c1cnc(SC)n1Cc1ccccc1. The number of ether oxygens (including phenoxy) is 2. The minimum Gasteiger partial charge on any atom is -0.466 e. The fourth-order valence-corrected chi connectivity index (χ4v) is 4.69. The molecule has 0 radical (unpaired) electrons. The molecule has 0 fully saturated rings. The van der Waals surface area contributed by atoms with Crippen molar-refractivity contribution >= 4 is 23.7 Å². The summed E-state index contributed by atoms with van der Waals surface area (Å²) in [6, 6.07) is 10.0. The van der Waals surface area contributed by atoms with Gasteiger partial charge >= 0.3 is 11.9 Å². The number of nitrogens with one attached hydrogen (secondary N) is 1. The molecular weight excluding hydrogens is 452 g/mol. The molecule has 0 spiro atoms. The summed E-state index contributed by atoms with van der Waals surface area (Å²) < 4.78 is 12.4. The molecule has 9 heteroatoms. The third-order valence-corrected chi connectivity index (χ3v) is 6.47. The monoisotopic (exact) mass is 484 g/mol. The van der Waals surface area contributed by atoms with Gasteiger partial charge in [0.15, 0.2) is 5.16 Å². The summed E-state index contributed by atoms with van der Waals surface area (Å²) in [5, 5.41) is 4.08. The van der Waals surface area contributed by atoms with E-state index in [4.69, 9.17) is 9.47 Å². The second kappa shape index (κ2) is 11.4. The first-order valence-corrected chi connectivity index (χ1v) is 12.2. The molecule has 8 nitrogen and oxygen atoms in total. The number of imidazole rings is 1. The number of benzene rings is 1. The van der Waals surface area contributed by atoms with Crippen molar-refractivity contribution in [3.8, 4) is 0 Å². The Morgan fingerprint density at radius 1 is 1.12 bits per heavy atom. The molecule has 1 atom stereocenters. The number of dihydropyridines is 1. The Morgan fingerprint density at radius 2 is 1.76 bits per heavy atom. The van der Waals surface area contributed by atoms with E-state index in [1.54, 1.807) is 6.20 Å². The van der Waals surface area contributed by atoms with Crippen LogP contribution in [0.2, 0.25) is 0 Å². The van der Waals surface area contributed by atoms with Crippen molar-refractivity contribution in [1.82, 2.24) is 19.8 Å². The number of esters is 2. The van der Waals surface area contributed by atoms with Crippen LogP contribution in [0.3, 0.4) is 0 Å². The predicted molar refractivity (Wildman–Crippen MR) is 132 cm³/mol. The molecule has 1 N–H and O–H groups in total. The number of carbonyl (C=O) groups is 2.